The fourth-order valence-corrected chi connectivity index (χ4v) is 4.12. The second-order valence-corrected chi connectivity index (χ2v) is 6.33. The maximum Gasteiger partial charge on any atom is 0.0550 e. The van der Waals surface area contributed by atoms with Gasteiger partial charge in [0.2, 0.25) is 0 Å². The van der Waals surface area contributed by atoms with Crippen LogP contribution in [0, 0.1) is 0 Å². The normalized spacial score (nSPS) is 12.3. The SMILES string of the molecule is c1ccc2c(c1)cc1[nH]c3c4ccccc4cc4ccc2c1c43. The molecular weight excluding hydrogens is 278 g/mol. The molecule has 6 rings (SSSR count). The largest absolute Gasteiger partial charge is 0.354 e. The van der Waals surface area contributed by atoms with E-state index in [4.69, 9.17) is 0 Å². The monoisotopic (exact) mass is 291 g/mol. The Bertz CT molecular complexity index is 1350. The van der Waals surface area contributed by atoms with Gasteiger partial charge in [-0.3, -0.25) is 0 Å². The van der Waals surface area contributed by atoms with Crippen LogP contribution in [0.2, 0.25) is 0 Å². The maximum atomic E-state index is 3.69. The van der Waals surface area contributed by atoms with E-state index in [1.807, 2.05) is 0 Å². The highest BCUT2D eigenvalue weighted by Gasteiger charge is 2.15. The number of benzene rings is 5. The van der Waals surface area contributed by atoms with E-state index >= 15 is 0 Å². The van der Waals surface area contributed by atoms with Gasteiger partial charge >= 0.3 is 0 Å². The van der Waals surface area contributed by atoms with Gasteiger partial charge < -0.3 is 4.98 Å². The van der Waals surface area contributed by atoms with Gasteiger partial charge in [0.05, 0.1) is 5.52 Å². The van der Waals surface area contributed by atoms with E-state index in [0.29, 0.717) is 0 Å². The second-order valence-electron chi connectivity index (χ2n) is 6.33. The van der Waals surface area contributed by atoms with E-state index in [-0.39, 0.29) is 0 Å². The van der Waals surface area contributed by atoms with Crippen molar-refractivity contribution in [3.63, 3.8) is 0 Å². The first kappa shape index (κ1) is 11.5. The quantitative estimate of drug-likeness (QED) is 0.252. The molecule has 0 unspecified atom stereocenters. The zero-order valence-electron chi connectivity index (χ0n) is 12.4. The molecule has 1 nitrogen and oxygen atoms in total. The molecular formula is C22H13N. The minimum absolute atomic E-state index is 1.23. The standard InChI is InChI=1S/C22H13N/c1-3-7-16-14(6-1)12-19-21-18(16)10-9-15-11-13-5-2-4-8-17(13)22(23-19)20(15)21/h1-12,23H. The van der Waals surface area contributed by atoms with Crippen molar-refractivity contribution in [2.24, 2.45) is 0 Å². The van der Waals surface area contributed by atoms with Gasteiger partial charge in [0.15, 0.2) is 0 Å². The molecule has 0 aliphatic heterocycles. The van der Waals surface area contributed by atoms with Crippen LogP contribution in [0.1, 0.15) is 0 Å². The molecule has 1 heteroatoms. The van der Waals surface area contributed by atoms with Crippen molar-refractivity contribution in [3.8, 4) is 0 Å². The number of nitrogens with one attached hydrogen (secondary N) is 1. The minimum atomic E-state index is 1.23. The highest BCUT2D eigenvalue weighted by atomic mass is 14.7. The third kappa shape index (κ3) is 1.33. The number of H-pyrrole nitrogens is 1. The van der Waals surface area contributed by atoms with Crippen LogP contribution in [-0.2, 0) is 0 Å². The van der Waals surface area contributed by atoms with Crippen LogP contribution >= 0.6 is 0 Å². The summed E-state index contributed by atoms with van der Waals surface area (Å²) in [6, 6.07) is 26.4. The number of hydrogen-bond donors (Lipinski definition) is 1. The van der Waals surface area contributed by atoms with Crippen LogP contribution in [0.5, 0.6) is 0 Å². The lowest BCUT2D eigenvalue weighted by molar-refractivity contribution is 1.58. The molecule has 0 radical (unpaired) electrons. The summed E-state index contributed by atoms with van der Waals surface area (Å²) < 4.78 is 0. The molecule has 0 fully saturated rings. The first-order valence-corrected chi connectivity index (χ1v) is 7.97. The molecule has 0 aliphatic carbocycles. The van der Waals surface area contributed by atoms with Crippen molar-refractivity contribution < 1.29 is 0 Å². The molecule has 23 heavy (non-hydrogen) atoms. The molecule has 5 aromatic carbocycles. The lowest BCUT2D eigenvalue weighted by atomic mass is 9.95. The zero-order valence-corrected chi connectivity index (χ0v) is 12.4. The van der Waals surface area contributed by atoms with Crippen LogP contribution < -0.4 is 0 Å². The Kier molecular flexibility index (Phi) is 1.91. The fraction of sp³-hybridized carbons (Fsp3) is 0. The molecule has 106 valence electrons. The summed E-state index contributed by atoms with van der Waals surface area (Å²) in [6.07, 6.45) is 0. The molecule has 0 bridgehead atoms. The number of aromatic amines is 1. The lowest BCUT2D eigenvalue weighted by Crippen LogP contribution is -1.80. The molecule has 0 atom stereocenters. The second kappa shape index (κ2) is 3.82. The molecule has 0 amide bonds. The van der Waals surface area contributed by atoms with Gasteiger partial charge in [0, 0.05) is 21.7 Å². The minimum Gasteiger partial charge on any atom is -0.354 e. The molecule has 0 spiro atoms. The number of rotatable bonds is 0. The number of hydrogen-bond acceptors (Lipinski definition) is 0. The van der Waals surface area contributed by atoms with Gasteiger partial charge in [-0.05, 0) is 39.1 Å². The smallest absolute Gasteiger partial charge is 0.0550 e. The van der Waals surface area contributed by atoms with Crippen LogP contribution in [-0.4, -0.2) is 4.98 Å². The van der Waals surface area contributed by atoms with Gasteiger partial charge in [-0.25, -0.2) is 0 Å². The third-order valence-electron chi connectivity index (χ3n) is 5.11. The van der Waals surface area contributed by atoms with Crippen molar-refractivity contribution in [1.82, 2.24) is 4.98 Å². The van der Waals surface area contributed by atoms with Gasteiger partial charge in [-0.2, -0.15) is 0 Å². The van der Waals surface area contributed by atoms with Crippen molar-refractivity contribution in [2.75, 3.05) is 0 Å². The van der Waals surface area contributed by atoms with Crippen molar-refractivity contribution in [1.29, 1.82) is 0 Å². The molecule has 1 heterocycles. The van der Waals surface area contributed by atoms with Gasteiger partial charge in [0.1, 0.15) is 0 Å². The van der Waals surface area contributed by atoms with E-state index in [1.165, 1.54) is 54.1 Å². The molecule has 0 aliphatic rings. The zero-order chi connectivity index (χ0) is 15.0. The molecule has 1 N–H and O–H groups in total. The van der Waals surface area contributed by atoms with Crippen LogP contribution in [0.15, 0.2) is 72.8 Å². The highest BCUT2D eigenvalue weighted by molar-refractivity contribution is 6.32. The first-order valence-electron chi connectivity index (χ1n) is 7.97. The van der Waals surface area contributed by atoms with E-state index in [0.717, 1.165) is 0 Å². The van der Waals surface area contributed by atoms with Gasteiger partial charge in [-0.1, -0.05) is 60.7 Å². The third-order valence-corrected chi connectivity index (χ3v) is 5.11. The average Bonchev–Trinajstić information content (AvgIpc) is 2.99. The molecule has 6 aromatic rings. The topological polar surface area (TPSA) is 15.8 Å². The molecule has 0 saturated heterocycles. The van der Waals surface area contributed by atoms with E-state index in [9.17, 15) is 0 Å². The summed E-state index contributed by atoms with van der Waals surface area (Å²) >= 11 is 0. The molecule has 1 aromatic heterocycles. The van der Waals surface area contributed by atoms with Crippen molar-refractivity contribution >= 4 is 54.1 Å². The predicted molar refractivity (Wildman–Crippen MR) is 99.5 cm³/mol. The summed E-state index contributed by atoms with van der Waals surface area (Å²) in [6.45, 7) is 0. The predicted octanol–water partition coefficient (Wildman–Crippen LogP) is 6.22. The Morgan fingerprint density at radius 3 is 2.13 bits per heavy atom. The maximum absolute atomic E-state index is 3.69. The fourth-order valence-electron chi connectivity index (χ4n) is 4.12. The summed E-state index contributed by atoms with van der Waals surface area (Å²) in [5.41, 5.74) is 2.49. The summed E-state index contributed by atoms with van der Waals surface area (Å²) in [5, 5.41) is 10.6. The Morgan fingerprint density at radius 2 is 1.26 bits per heavy atom. The first-order chi connectivity index (χ1) is 11.4. The average molecular weight is 291 g/mol. The number of aromatic nitrogens is 1. The van der Waals surface area contributed by atoms with E-state index in [1.54, 1.807) is 0 Å². The Morgan fingerprint density at radius 1 is 0.522 bits per heavy atom. The van der Waals surface area contributed by atoms with Crippen molar-refractivity contribution in [2.45, 2.75) is 0 Å². The lowest BCUT2D eigenvalue weighted by Gasteiger charge is -2.07. The molecule has 0 saturated carbocycles. The Labute approximate surface area is 132 Å². The van der Waals surface area contributed by atoms with Gasteiger partial charge in [0.25, 0.3) is 0 Å². The highest BCUT2D eigenvalue weighted by Crippen LogP contribution is 2.41. The van der Waals surface area contributed by atoms with E-state index < -0.39 is 0 Å². The van der Waals surface area contributed by atoms with Crippen LogP contribution in [0.4, 0.5) is 0 Å². The number of fused-ring (bicyclic) bond motifs is 4. The van der Waals surface area contributed by atoms with Crippen LogP contribution in [0.25, 0.3) is 54.1 Å². The summed E-state index contributed by atoms with van der Waals surface area (Å²) in [5.74, 6) is 0. The van der Waals surface area contributed by atoms with Crippen LogP contribution in [0.3, 0.4) is 0 Å². The Balaban J connectivity index is 2.02. The van der Waals surface area contributed by atoms with Gasteiger partial charge in [-0.15, -0.1) is 0 Å². The summed E-state index contributed by atoms with van der Waals surface area (Å²) in [4.78, 5) is 3.69. The Hall–Kier alpha value is -3.06. The summed E-state index contributed by atoms with van der Waals surface area (Å²) in [7, 11) is 0. The van der Waals surface area contributed by atoms with Crippen molar-refractivity contribution in [3.05, 3.63) is 72.8 Å². The van der Waals surface area contributed by atoms with E-state index in [2.05, 4.69) is 77.8 Å².